The molecule has 2 aromatic carbocycles. The third kappa shape index (κ3) is 10.6. The molecule has 8 atom stereocenters. The molecular formula is C55H57N5O20. The van der Waals surface area contributed by atoms with Crippen LogP contribution in [0.2, 0.25) is 0 Å². The van der Waals surface area contributed by atoms with Crippen LogP contribution in [0.15, 0.2) is 85.4 Å². The number of benzene rings is 2. The number of carbonyl (C=O) groups is 4. The Balaban J connectivity index is 0.888. The first-order valence-electron chi connectivity index (χ1n) is 24.8. The van der Waals surface area contributed by atoms with Crippen LogP contribution in [-0.2, 0) is 28.4 Å². The lowest BCUT2D eigenvalue weighted by atomic mass is 9.89. The van der Waals surface area contributed by atoms with E-state index >= 15 is 0 Å². The lowest BCUT2D eigenvalue weighted by Gasteiger charge is -2.47. The van der Waals surface area contributed by atoms with Crippen molar-refractivity contribution in [2.24, 2.45) is 0 Å². The zero-order valence-corrected chi connectivity index (χ0v) is 44.7. The number of esters is 2. The smallest absolute Gasteiger partial charge is 0.364 e. The highest BCUT2D eigenvalue weighted by molar-refractivity contribution is 6.10. The zero-order chi connectivity index (χ0) is 57.9. The fourth-order valence-electron chi connectivity index (χ4n) is 9.76. The summed E-state index contributed by atoms with van der Waals surface area (Å²) >= 11 is 0. The van der Waals surface area contributed by atoms with Crippen LogP contribution in [0.4, 0.5) is 11.4 Å². The van der Waals surface area contributed by atoms with Gasteiger partial charge in [0.25, 0.3) is 11.8 Å². The number of fused-ring (bicyclic) bond motifs is 2. The van der Waals surface area contributed by atoms with Gasteiger partial charge in [0.05, 0.1) is 33.1 Å². The second kappa shape index (κ2) is 21.6. The number of nitrogens with one attached hydrogen (secondary N) is 4. The number of hydrogen-bond donors (Lipinski definition) is 8. The van der Waals surface area contributed by atoms with E-state index in [1.165, 1.54) is 64.5 Å². The number of hydrogen-bond acceptors (Lipinski definition) is 21. The molecule has 25 heteroatoms. The Kier molecular flexibility index (Phi) is 15.1. The van der Waals surface area contributed by atoms with E-state index in [9.17, 15) is 49.2 Å². The first kappa shape index (κ1) is 56.1. The van der Waals surface area contributed by atoms with Crippen LogP contribution in [-0.4, -0.2) is 134 Å². The number of pyridine rings is 1. The minimum Gasteiger partial charge on any atom is -0.505 e. The van der Waals surface area contributed by atoms with Gasteiger partial charge >= 0.3 is 23.2 Å². The van der Waals surface area contributed by atoms with Crippen LogP contribution in [0.25, 0.3) is 21.9 Å². The number of carbonyl (C=O) groups excluding carboxylic acids is 4. The minimum absolute atomic E-state index is 0.0413. The summed E-state index contributed by atoms with van der Waals surface area (Å²) in [6, 6.07) is 12.9. The van der Waals surface area contributed by atoms with Crippen molar-refractivity contribution in [2.45, 2.75) is 116 Å². The molecule has 2 aliphatic rings. The molecule has 5 aromatic heterocycles. The molecule has 9 rings (SSSR count). The molecule has 8 unspecified atom stereocenters. The standard InChI is InChI=1S/C55H57N5O20/c1-22-11-15-30(57-22)48(67)77-42-38(63)52(79-54(5,6)44(42)71-9)73-32-17-13-28-36(61)34(50(69)75-40(28)24(32)3)59-46(65)26-19-27(21-56-20-26)47(66)60-35-37(62)29-14-18-33(25(4)41(29)76-51(35)70)74-53-39(64)43(45(72-10)55(7,8)80-53)78-49(68)31-16-12-23(2)58-31/h11-21,38-39,42-45,52-53,57-58,61-64H,1-10H3,(H,59,65)(H,60,66). The molecule has 80 heavy (non-hydrogen) atoms. The third-order valence-electron chi connectivity index (χ3n) is 13.9. The van der Waals surface area contributed by atoms with Crippen molar-refractivity contribution in [1.82, 2.24) is 15.0 Å². The molecule has 0 saturated carbocycles. The molecule has 0 aliphatic carbocycles. The fourth-order valence-corrected chi connectivity index (χ4v) is 9.76. The summed E-state index contributed by atoms with van der Waals surface area (Å²) in [5, 5.41) is 50.2. The van der Waals surface area contributed by atoms with E-state index in [1.54, 1.807) is 53.7 Å². The van der Waals surface area contributed by atoms with E-state index in [4.69, 9.17) is 46.7 Å². The number of aromatic amines is 2. The number of ether oxygens (including phenoxy) is 8. The van der Waals surface area contributed by atoms with Gasteiger partial charge in [0, 0.05) is 49.1 Å². The van der Waals surface area contributed by atoms with Crippen LogP contribution in [0.1, 0.15) is 91.9 Å². The van der Waals surface area contributed by atoms with E-state index < -0.39 is 118 Å². The van der Waals surface area contributed by atoms with E-state index in [0.29, 0.717) is 11.4 Å². The minimum atomic E-state index is -1.59. The number of aliphatic hydroxyl groups excluding tert-OH is 2. The number of aliphatic hydroxyl groups is 2. The SMILES string of the molecule is COC1C(OC(=O)c2ccc(C)[nH]2)C(O)C(Oc2ccc3c(O)c(NC(=O)c4cncc(C(=O)Nc5c(O)c6ccc(OC7OC(C)(C)C(OC)C(OC(=O)c8ccc(C)[nH]8)C7O)c(C)c6oc5=O)c4)c(=O)oc3c2C)OC1(C)C. The molecule has 2 saturated heterocycles. The Hall–Kier alpha value is -8.59. The summed E-state index contributed by atoms with van der Waals surface area (Å²) in [5.74, 6) is -4.86. The predicted molar refractivity (Wildman–Crippen MR) is 280 cm³/mol. The Bertz CT molecular complexity index is 3470. The lowest BCUT2D eigenvalue weighted by Crippen LogP contribution is -2.65. The molecule has 7 aromatic rings. The van der Waals surface area contributed by atoms with Crippen molar-refractivity contribution in [3.8, 4) is 23.0 Å². The van der Waals surface area contributed by atoms with Gasteiger partial charge in [-0.2, -0.15) is 0 Å². The van der Waals surface area contributed by atoms with Gasteiger partial charge in [-0.1, -0.05) is 0 Å². The highest BCUT2D eigenvalue weighted by atomic mass is 16.7. The molecule has 0 spiro atoms. The monoisotopic (exact) mass is 1110 g/mol. The Labute approximate surface area is 453 Å². The summed E-state index contributed by atoms with van der Waals surface area (Å²) in [6.07, 6.45) is -8.41. The fraction of sp³-hybridized carbons (Fsp3) is 0.364. The number of aromatic nitrogens is 3. The third-order valence-corrected chi connectivity index (χ3v) is 13.9. The normalized spacial score (nSPS) is 22.4. The van der Waals surface area contributed by atoms with E-state index in [2.05, 4.69) is 25.6 Å². The van der Waals surface area contributed by atoms with Crippen molar-refractivity contribution in [2.75, 3.05) is 24.9 Å². The number of amides is 2. The molecule has 8 N–H and O–H groups in total. The van der Waals surface area contributed by atoms with Gasteiger partial charge in [-0.3, -0.25) is 14.6 Å². The van der Waals surface area contributed by atoms with Crippen LogP contribution in [0.5, 0.6) is 23.0 Å². The van der Waals surface area contributed by atoms with Crippen molar-refractivity contribution < 1.29 is 86.3 Å². The number of rotatable bonds is 14. The molecule has 2 amide bonds. The highest BCUT2D eigenvalue weighted by Gasteiger charge is 2.55. The van der Waals surface area contributed by atoms with Crippen molar-refractivity contribution in [1.29, 1.82) is 0 Å². The van der Waals surface area contributed by atoms with Crippen molar-refractivity contribution in [3.05, 3.63) is 133 Å². The van der Waals surface area contributed by atoms with Gasteiger partial charge in [-0.25, -0.2) is 19.2 Å². The molecule has 2 aliphatic heterocycles. The number of aryl methyl sites for hydroxylation is 4. The topological polar surface area (TPSA) is 352 Å². The largest absolute Gasteiger partial charge is 0.505 e. The number of H-pyrrole nitrogens is 2. The van der Waals surface area contributed by atoms with Crippen LogP contribution in [0.3, 0.4) is 0 Å². The maximum Gasteiger partial charge on any atom is 0.364 e. The summed E-state index contributed by atoms with van der Waals surface area (Å²) in [5.41, 5.74) is -4.92. The van der Waals surface area contributed by atoms with Gasteiger partial charge in [-0.15, -0.1) is 0 Å². The second-order valence-corrected chi connectivity index (χ2v) is 20.3. The maximum atomic E-state index is 13.6. The second-order valence-electron chi connectivity index (χ2n) is 20.3. The Morgan fingerprint density at radius 1 is 0.600 bits per heavy atom. The molecule has 422 valence electrons. The molecular weight excluding hydrogens is 1050 g/mol. The first-order chi connectivity index (χ1) is 37.8. The Morgan fingerprint density at radius 2 is 0.988 bits per heavy atom. The van der Waals surface area contributed by atoms with Crippen LogP contribution in [0, 0.1) is 27.7 Å². The number of anilines is 2. The van der Waals surface area contributed by atoms with E-state index in [0.717, 1.165) is 18.5 Å². The molecule has 7 heterocycles. The molecule has 0 bridgehead atoms. The first-order valence-corrected chi connectivity index (χ1v) is 24.8. The van der Waals surface area contributed by atoms with Gasteiger partial charge < -0.3 is 87.8 Å². The van der Waals surface area contributed by atoms with Crippen LogP contribution < -0.4 is 31.4 Å². The average Bonchev–Trinajstić information content (AvgIpc) is 4.12. The number of aromatic hydroxyl groups is 2. The Morgan fingerprint density at radius 3 is 1.34 bits per heavy atom. The molecule has 0 radical (unpaired) electrons. The van der Waals surface area contributed by atoms with Crippen molar-refractivity contribution in [3.63, 3.8) is 0 Å². The van der Waals surface area contributed by atoms with Gasteiger partial charge in [0.1, 0.15) is 46.3 Å². The van der Waals surface area contributed by atoms with Gasteiger partial charge in [0.2, 0.25) is 12.6 Å². The highest BCUT2D eigenvalue weighted by Crippen LogP contribution is 2.41. The quantitative estimate of drug-likeness (QED) is 0.0504. The molecule has 2 fully saturated rings. The van der Waals surface area contributed by atoms with Crippen LogP contribution >= 0.6 is 0 Å². The predicted octanol–water partition coefficient (Wildman–Crippen LogP) is 5.33. The molecule has 25 nitrogen and oxygen atoms in total. The maximum absolute atomic E-state index is 13.6. The van der Waals surface area contributed by atoms with Crippen molar-refractivity contribution >= 4 is 57.1 Å². The summed E-state index contributed by atoms with van der Waals surface area (Å²) in [4.78, 5) is 90.0. The zero-order valence-electron chi connectivity index (χ0n) is 44.7. The average molecular weight is 1110 g/mol. The summed E-state index contributed by atoms with van der Waals surface area (Å²) in [6.45, 7) is 13.1. The summed E-state index contributed by atoms with van der Waals surface area (Å²) in [7, 11) is 2.75. The van der Waals surface area contributed by atoms with Gasteiger partial charge in [0.15, 0.2) is 47.3 Å². The van der Waals surface area contributed by atoms with Gasteiger partial charge in [-0.05, 0) is 110 Å². The summed E-state index contributed by atoms with van der Waals surface area (Å²) < 4.78 is 58.3. The van der Waals surface area contributed by atoms with E-state index in [-0.39, 0.29) is 67.1 Å². The number of nitrogens with zero attached hydrogens (tertiary/aromatic N) is 1. The lowest BCUT2D eigenvalue weighted by molar-refractivity contribution is -0.305. The van der Waals surface area contributed by atoms with E-state index in [1.807, 2.05) is 0 Å². The number of methoxy groups -OCH3 is 2.